The SMILES string of the molecule is CC(=O)OCC1OC(O)C(O)C(O)C1O.CC(C)=O.CC(C)=O.CN.CNC(C)(C)C(C)=O.CO.CO.COC(C)(C)C(C)=O.COC(C)(C)C1OC(COC(C)=O)C(O)C(O)C1O. The number of hydrogen-bond donors (Lipinski definition) is 11. The number of aliphatic hydroxyl groups excluding tert-OH is 9. The number of likely N-dealkylation sites (N-methyl/N-ethyl adjacent to an activating group) is 1. The molecule has 12 N–H and O–H groups in total. The number of aliphatic hydroxyl groups is 9. The van der Waals surface area contributed by atoms with Gasteiger partial charge in [-0.2, -0.15) is 0 Å². The third kappa shape index (κ3) is 36.3. The van der Waals surface area contributed by atoms with Crippen molar-refractivity contribution in [3.05, 3.63) is 0 Å². The summed E-state index contributed by atoms with van der Waals surface area (Å²) in [7, 11) is 8.26. The molecule has 2 aliphatic rings. The molecular weight excluding hydrogens is 856 g/mol. The van der Waals surface area contributed by atoms with Crippen LogP contribution in [0.1, 0.15) is 96.9 Å². The highest BCUT2D eigenvalue weighted by Gasteiger charge is 2.50. The summed E-state index contributed by atoms with van der Waals surface area (Å²) in [4.78, 5) is 61.4. The van der Waals surface area contributed by atoms with Crippen molar-refractivity contribution >= 4 is 35.1 Å². The van der Waals surface area contributed by atoms with E-state index >= 15 is 0 Å². The zero-order valence-electron chi connectivity index (χ0n) is 41.7. The van der Waals surface area contributed by atoms with Gasteiger partial charge in [0.15, 0.2) is 12.1 Å². The molecule has 0 bridgehead atoms. The van der Waals surface area contributed by atoms with Crippen LogP contribution in [0.4, 0.5) is 0 Å². The molecule has 10 atom stereocenters. The molecule has 386 valence electrons. The van der Waals surface area contributed by atoms with E-state index in [0.29, 0.717) is 0 Å². The number of nitrogens with two attached hydrogens (primary N) is 1. The fourth-order valence-electron chi connectivity index (χ4n) is 3.57. The van der Waals surface area contributed by atoms with Gasteiger partial charge in [0.2, 0.25) is 0 Å². The Bertz CT molecular complexity index is 1200. The molecule has 2 aliphatic heterocycles. The fourth-order valence-corrected chi connectivity index (χ4v) is 3.57. The molecule has 0 aromatic heterocycles. The number of carbonyl (C=O) groups excluding carboxylic acids is 6. The van der Waals surface area contributed by atoms with E-state index in [-0.39, 0.29) is 41.9 Å². The van der Waals surface area contributed by atoms with E-state index in [2.05, 4.69) is 15.8 Å². The van der Waals surface area contributed by atoms with Crippen LogP contribution in [-0.4, -0.2) is 215 Å². The lowest BCUT2D eigenvalue weighted by Crippen LogP contribution is -2.64. The van der Waals surface area contributed by atoms with Crippen LogP contribution < -0.4 is 11.1 Å². The van der Waals surface area contributed by atoms with Gasteiger partial charge in [0.25, 0.3) is 0 Å². The standard InChI is InChI=1S/C12H22O7.C8H14O7.C6H13NO.C6H12O2.2C3H6O.CH5N.2CH4O/c1-6(13)18-5-7-8(14)9(15)10(16)11(19-7)12(2,3)17-4;1-3(9)14-2-4-5(10)6(11)7(12)8(13)15-4;1-5(8)6(2,3)7-4;1-5(7)6(2,3)8-4;2*1-3(2)4;3*1-2/h7-11,14-16H,5H2,1-4H3;4-8,10-13H,2H2,1H3;7H,1-4H3;1-4H3;2*1-2H3;2H2,1H3;2*2H,1H3. The van der Waals surface area contributed by atoms with Crippen molar-refractivity contribution in [3.63, 3.8) is 0 Å². The minimum atomic E-state index is -1.61. The molecule has 0 aromatic carbocycles. The van der Waals surface area contributed by atoms with E-state index in [4.69, 9.17) is 44.1 Å². The molecule has 0 spiro atoms. The number of ether oxygens (including phenoxy) is 6. The summed E-state index contributed by atoms with van der Waals surface area (Å²) < 4.78 is 29.7. The van der Waals surface area contributed by atoms with Crippen LogP contribution in [0.5, 0.6) is 0 Å². The topological polar surface area (TPSA) is 378 Å². The van der Waals surface area contributed by atoms with Crippen LogP contribution in [0.3, 0.4) is 0 Å². The Kier molecular flexibility index (Phi) is 47.4. The lowest BCUT2D eigenvalue weighted by Gasteiger charge is -2.45. The van der Waals surface area contributed by atoms with Crippen molar-refractivity contribution < 1.29 is 103 Å². The summed E-state index contributed by atoms with van der Waals surface area (Å²) in [5.74, 6) is -0.528. The molecule has 23 heteroatoms. The first kappa shape index (κ1) is 75.3. The fraction of sp³-hybridized carbons (Fsp3) is 0.854. The summed E-state index contributed by atoms with van der Waals surface area (Å²) in [5.41, 5.74) is 2.69. The maximum Gasteiger partial charge on any atom is 0.302 e. The molecule has 0 radical (unpaired) electrons. The van der Waals surface area contributed by atoms with Gasteiger partial charge >= 0.3 is 11.9 Å². The van der Waals surface area contributed by atoms with Crippen molar-refractivity contribution in [1.29, 1.82) is 0 Å². The maximum absolute atomic E-state index is 10.8. The lowest BCUT2D eigenvalue weighted by molar-refractivity contribution is -0.287. The molecule has 2 heterocycles. The van der Waals surface area contributed by atoms with E-state index < -0.39 is 84.4 Å². The zero-order chi connectivity index (χ0) is 53.1. The van der Waals surface area contributed by atoms with Crippen molar-refractivity contribution in [2.24, 2.45) is 5.73 Å². The molecule has 10 unspecified atom stereocenters. The van der Waals surface area contributed by atoms with Gasteiger partial charge in [0.05, 0.1) is 11.1 Å². The number of methoxy groups -OCH3 is 2. The van der Waals surface area contributed by atoms with Crippen LogP contribution in [0, 0.1) is 0 Å². The van der Waals surface area contributed by atoms with Crippen LogP contribution in [-0.2, 0) is 57.2 Å². The molecule has 2 saturated heterocycles. The summed E-state index contributed by atoms with van der Waals surface area (Å²) in [5, 5.41) is 83.4. The molecule has 0 aliphatic carbocycles. The van der Waals surface area contributed by atoms with Crippen LogP contribution in [0.2, 0.25) is 0 Å². The second-order valence-corrected chi connectivity index (χ2v) is 15.0. The first-order chi connectivity index (χ1) is 29.1. The smallest absolute Gasteiger partial charge is 0.302 e. The van der Waals surface area contributed by atoms with E-state index in [0.717, 1.165) is 14.2 Å². The number of rotatable bonds is 10. The first-order valence-corrected chi connectivity index (χ1v) is 19.7. The molecule has 0 amide bonds. The average Bonchev–Trinajstić information content (AvgIpc) is 3.21. The third-order valence-corrected chi connectivity index (χ3v) is 8.38. The normalized spacial score (nSPS) is 24.3. The second-order valence-electron chi connectivity index (χ2n) is 15.0. The number of carbonyl (C=O) groups is 6. The second kappa shape index (κ2) is 40.3. The lowest BCUT2D eigenvalue weighted by atomic mass is 9.87. The average molecular weight is 943 g/mol. The monoisotopic (exact) mass is 943 g/mol. The van der Waals surface area contributed by atoms with Crippen LogP contribution >= 0.6 is 0 Å². The minimum absolute atomic E-state index is 0.0556. The van der Waals surface area contributed by atoms with Gasteiger partial charge in [0.1, 0.15) is 91.1 Å². The summed E-state index contributed by atoms with van der Waals surface area (Å²) in [6, 6.07) is 0. The van der Waals surface area contributed by atoms with Crippen molar-refractivity contribution in [2.45, 2.75) is 175 Å². The van der Waals surface area contributed by atoms with Gasteiger partial charge < -0.3 is 95.0 Å². The predicted molar refractivity (Wildman–Crippen MR) is 235 cm³/mol. The largest absolute Gasteiger partial charge is 0.463 e. The number of nitrogens with one attached hydrogen (secondary N) is 1. The minimum Gasteiger partial charge on any atom is -0.463 e. The third-order valence-electron chi connectivity index (χ3n) is 8.38. The molecule has 23 nitrogen and oxygen atoms in total. The zero-order valence-corrected chi connectivity index (χ0v) is 41.7. The highest BCUT2D eigenvalue weighted by Crippen LogP contribution is 2.30. The number of esters is 2. The molecular formula is C41H86N2O21. The summed E-state index contributed by atoms with van der Waals surface area (Å²) >= 11 is 0. The first-order valence-electron chi connectivity index (χ1n) is 19.7. The molecule has 0 aromatic rings. The van der Waals surface area contributed by atoms with Gasteiger partial charge in [-0.3, -0.25) is 19.2 Å². The van der Waals surface area contributed by atoms with Crippen molar-refractivity contribution in [3.8, 4) is 0 Å². The van der Waals surface area contributed by atoms with Crippen molar-refractivity contribution in [2.75, 3.05) is 55.7 Å². The summed E-state index contributed by atoms with van der Waals surface area (Å²) in [6.45, 7) is 21.7. The van der Waals surface area contributed by atoms with Gasteiger partial charge in [-0.25, -0.2) is 0 Å². The molecule has 2 fully saturated rings. The molecule has 0 saturated carbocycles. The maximum atomic E-state index is 10.8. The Labute approximate surface area is 379 Å². The summed E-state index contributed by atoms with van der Waals surface area (Å²) in [6.07, 6.45) is -13.0. The Morgan fingerprint density at radius 3 is 1.06 bits per heavy atom. The van der Waals surface area contributed by atoms with Gasteiger partial charge in [0, 0.05) is 42.3 Å². The van der Waals surface area contributed by atoms with Gasteiger partial charge in [-0.1, -0.05) is 0 Å². The van der Waals surface area contributed by atoms with E-state index in [1.807, 2.05) is 13.8 Å². The number of ketones is 4. The highest BCUT2D eigenvalue weighted by molar-refractivity contribution is 5.85. The van der Waals surface area contributed by atoms with E-state index in [9.17, 15) is 54.3 Å². The predicted octanol–water partition coefficient (Wildman–Crippen LogP) is -2.27. The Morgan fingerprint density at radius 2 is 0.844 bits per heavy atom. The Morgan fingerprint density at radius 1 is 0.531 bits per heavy atom. The number of Topliss-reactive ketones (excluding diaryl/α,β-unsaturated/α-hetero) is 4. The van der Waals surface area contributed by atoms with Crippen LogP contribution in [0.25, 0.3) is 0 Å². The molecule has 64 heavy (non-hydrogen) atoms. The Hall–Kier alpha value is -2.98. The quantitative estimate of drug-likeness (QED) is 0.103. The van der Waals surface area contributed by atoms with E-state index in [1.165, 1.54) is 69.7 Å². The number of hydrogen-bond acceptors (Lipinski definition) is 23. The van der Waals surface area contributed by atoms with E-state index in [1.54, 1.807) is 41.7 Å². The van der Waals surface area contributed by atoms with Crippen molar-refractivity contribution in [1.82, 2.24) is 5.32 Å². The van der Waals surface area contributed by atoms with Gasteiger partial charge in [-0.05, 0) is 97.2 Å². The highest BCUT2D eigenvalue weighted by atomic mass is 16.7. The Balaban J connectivity index is -0.000000128. The van der Waals surface area contributed by atoms with Crippen LogP contribution in [0.15, 0.2) is 0 Å². The molecule has 2 rings (SSSR count). The van der Waals surface area contributed by atoms with Gasteiger partial charge in [-0.15, -0.1) is 0 Å².